The molecule has 0 bridgehead atoms. The molecule has 0 aliphatic carbocycles. The molecule has 0 unspecified atom stereocenters. The lowest BCUT2D eigenvalue weighted by Crippen LogP contribution is -2.28. The van der Waals surface area contributed by atoms with Crippen LogP contribution in [-0.4, -0.2) is 34.9 Å². The fraction of sp³-hybridized carbons (Fsp3) is 0.500. The molecule has 2 atom stereocenters. The van der Waals surface area contributed by atoms with E-state index in [0.717, 1.165) is 5.56 Å². The molecule has 1 aromatic rings. The van der Waals surface area contributed by atoms with E-state index in [1.54, 1.807) is 0 Å². The molecule has 2 N–H and O–H groups in total. The van der Waals surface area contributed by atoms with Crippen molar-refractivity contribution in [3.8, 4) is 0 Å². The van der Waals surface area contributed by atoms with Crippen LogP contribution in [0.15, 0.2) is 30.3 Å². The van der Waals surface area contributed by atoms with Gasteiger partial charge in [0.1, 0.15) is 0 Å². The van der Waals surface area contributed by atoms with Crippen LogP contribution in [0, 0.1) is 0 Å². The van der Waals surface area contributed by atoms with Crippen molar-refractivity contribution in [3.05, 3.63) is 35.9 Å². The van der Waals surface area contributed by atoms with Crippen molar-refractivity contribution in [1.82, 2.24) is 0 Å². The third-order valence-electron chi connectivity index (χ3n) is 2.27. The topological polar surface area (TPSA) is 49.7 Å². The highest BCUT2D eigenvalue weighted by molar-refractivity contribution is 6.18. The first-order chi connectivity index (χ1) is 7.74. The van der Waals surface area contributed by atoms with Crippen LogP contribution in [0.3, 0.4) is 0 Å². The zero-order valence-electron chi connectivity index (χ0n) is 9.05. The van der Waals surface area contributed by atoms with Gasteiger partial charge in [0.05, 0.1) is 24.7 Å². The van der Waals surface area contributed by atoms with Crippen LogP contribution in [0.2, 0.25) is 0 Å². The molecular formula is C12H17ClO3. The lowest BCUT2D eigenvalue weighted by molar-refractivity contribution is 0.00381. The number of rotatable bonds is 7. The SMILES string of the molecule is O[C@H](CCl)[C@H](O)CCOCc1ccccc1. The van der Waals surface area contributed by atoms with Crippen LogP contribution in [0.4, 0.5) is 0 Å². The van der Waals surface area contributed by atoms with Crippen molar-refractivity contribution in [2.75, 3.05) is 12.5 Å². The van der Waals surface area contributed by atoms with Gasteiger partial charge in [-0.3, -0.25) is 0 Å². The van der Waals surface area contributed by atoms with Gasteiger partial charge in [-0.1, -0.05) is 30.3 Å². The number of ether oxygens (including phenoxy) is 1. The second kappa shape index (κ2) is 7.63. The molecule has 0 radical (unpaired) electrons. The fourth-order valence-electron chi connectivity index (χ4n) is 1.26. The number of aliphatic hydroxyl groups is 2. The van der Waals surface area contributed by atoms with Gasteiger partial charge < -0.3 is 14.9 Å². The Kier molecular flexibility index (Phi) is 6.42. The lowest BCUT2D eigenvalue weighted by atomic mass is 10.2. The Morgan fingerprint density at radius 2 is 1.81 bits per heavy atom. The molecule has 3 nitrogen and oxygen atoms in total. The smallest absolute Gasteiger partial charge is 0.0934 e. The van der Waals surface area contributed by atoms with Crippen molar-refractivity contribution in [2.45, 2.75) is 25.2 Å². The van der Waals surface area contributed by atoms with Crippen LogP contribution in [0.5, 0.6) is 0 Å². The van der Waals surface area contributed by atoms with Gasteiger partial charge in [-0.15, -0.1) is 11.6 Å². The molecule has 1 aromatic carbocycles. The summed E-state index contributed by atoms with van der Waals surface area (Å²) in [7, 11) is 0. The van der Waals surface area contributed by atoms with E-state index in [1.807, 2.05) is 30.3 Å². The van der Waals surface area contributed by atoms with Crippen molar-refractivity contribution in [3.63, 3.8) is 0 Å². The Hall–Kier alpha value is -0.610. The van der Waals surface area contributed by atoms with Crippen LogP contribution in [0.1, 0.15) is 12.0 Å². The van der Waals surface area contributed by atoms with Crippen LogP contribution < -0.4 is 0 Å². The summed E-state index contributed by atoms with van der Waals surface area (Å²) < 4.78 is 5.37. The summed E-state index contributed by atoms with van der Waals surface area (Å²) in [6, 6.07) is 9.80. The highest BCUT2D eigenvalue weighted by atomic mass is 35.5. The average molecular weight is 245 g/mol. The fourth-order valence-corrected chi connectivity index (χ4v) is 1.47. The van der Waals surface area contributed by atoms with Crippen molar-refractivity contribution in [1.29, 1.82) is 0 Å². The summed E-state index contributed by atoms with van der Waals surface area (Å²) in [5, 5.41) is 18.6. The predicted octanol–water partition coefficient (Wildman–Crippen LogP) is 1.55. The van der Waals surface area contributed by atoms with Crippen LogP contribution in [0.25, 0.3) is 0 Å². The van der Waals surface area contributed by atoms with Gasteiger partial charge in [0, 0.05) is 6.61 Å². The molecule has 0 aliphatic heterocycles. The van der Waals surface area contributed by atoms with E-state index in [-0.39, 0.29) is 5.88 Å². The number of benzene rings is 1. The van der Waals surface area contributed by atoms with Gasteiger partial charge in [-0.25, -0.2) is 0 Å². The number of halogens is 1. The van der Waals surface area contributed by atoms with Crippen molar-refractivity contribution >= 4 is 11.6 Å². The van der Waals surface area contributed by atoms with Crippen LogP contribution >= 0.6 is 11.6 Å². The second-order valence-corrected chi connectivity index (χ2v) is 3.92. The Morgan fingerprint density at radius 3 is 2.44 bits per heavy atom. The first-order valence-electron chi connectivity index (χ1n) is 5.28. The van der Waals surface area contributed by atoms with E-state index in [2.05, 4.69) is 0 Å². The maximum absolute atomic E-state index is 9.40. The minimum absolute atomic E-state index is 0.0415. The maximum atomic E-state index is 9.40. The molecule has 0 heterocycles. The zero-order chi connectivity index (χ0) is 11.8. The third kappa shape index (κ3) is 4.94. The Balaban J connectivity index is 2.13. The van der Waals surface area contributed by atoms with Gasteiger partial charge in [-0.2, -0.15) is 0 Å². The average Bonchev–Trinajstić information content (AvgIpc) is 2.34. The first kappa shape index (κ1) is 13.5. The highest BCUT2D eigenvalue weighted by Gasteiger charge is 2.14. The summed E-state index contributed by atoms with van der Waals surface area (Å²) in [5.74, 6) is 0.0415. The number of aliphatic hydroxyl groups excluding tert-OH is 2. The molecular weight excluding hydrogens is 228 g/mol. The molecule has 16 heavy (non-hydrogen) atoms. The maximum Gasteiger partial charge on any atom is 0.0934 e. The Labute approximate surface area is 101 Å². The molecule has 0 fully saturated rings. The van der Waals surface area contributed by atoms with Gasteiger partial charge in [0.25, 0.3) is 0 Å². The van der Waals surface area contributed by atoms with Crippen LogP contribution in [-0.2, 0) is 11.3 Å². The Morgan fingerprint density at radius 1 is 1.12 bits per heavy atom. The summed E-state index contributed by atoms with van der Waals surface area (Å²) in [4.78, 5) is 0. The van der Waals surface area contributed by atoms with Crippen molar-refractivity contribution < 1.29 is 14.9 Å². The largest absolute Gasteiger partial charge is 0.390 e. The number of alkyl halides is 1. The Bertz CT molecular complexity index is 279. The quantitative estimate of drug-likeness (QED) is 0.565. The second-order valence-electron chi connectivity index (χ2n) is 3.62. The normalized spacial score (nSPS) is 14.7. The molecule has 0 saturated heterocycles. The zero-order valence-corrected chi connectivity index (χ0v) is 9.81. The standard InChI is InChI=1S/C12H17ClO3/c13-8-12(15)11(14)6-7-16-9-10-4-2-1-3-5-10/h1-5,11-12,14-15H,6-9H2/t11-,12-/m1/s1. The number of hydrogen-bond acceptors (Lipinski definition) is 3. The summed E-state index contributed by atoms with van der Waals surface area (Å²) in [6.07, 6.45) is -1.30. The predicted molar refractivity (Wildman–Crippen MR) is 63.4 cm³/mol. The van der Waals surface area contributed by atoms with E-state index in [4.69, 9.17) is 16.3 Å². The minimum Gasteiger partial charge on any atom is -0.390 e. The number of hydrogen-bond donors (Lipinski definition) is 2. The molecule has 4 heteroatoms. The van der Waals surface area contributed by atoms with Crippen molar-refractivity contribution in [2.24, 2.45) is 0 Å². The molecule has 0 aliphatic rings. The van der Waals surface area contributed by atoms with E-state index < -0.39 is 12.2 Å². The minimum atomic E-state index is -0.873. The van der Waals surface area contributed by atoms with E-state index in [1.165, 1.54) is 0 Å². The molecule has 1 rings (SSSR count). The summed E-state index contributed by atoms with van der Waals surface area (Å²) in [6.45, 7) is 0.925. The van der Waals surface area contributed by atoms with E-state index in [0.29, 0.717) is 19.6 Å². The van der Waals surface area contributed by atoms with Gasteiger partial charge in [0.2, 0.25) is 0 Å². The summed E-state index contributed by atoms with van der Waals surface area (Å²) in [5.41, 5.74) is 1.09. The van der Waals surface area contributed by atoms with Gasteiger partial charge in [-0.05, 0) is 12.0 Å². The molecule has 0 amide bonds. The molecule has 90 valence electrons. The van der Waals surface area contributed by atoms with Gasteiger partial charge in [0.15, 0.2) is 0 Å². The van der Waals surface area contributed by atoms with Gasteiger partial charge >= 0.3 is 0 Å². The molecule has 0 spiro atoms. The molecule has 0 aromatic heterocycles. The third-order valence-corrected chi connectivity index (χ3v) is 2.59. The lowest BCUT2D eigenvalue weighted by Gasteiger charge is -2.14. The first-order valence-corrected chi connectivity index (χ1v) is 5.81. The molecule has 0 saturated carbocycles. The summed E-state index contributed by atoms with van der Waals surface area (Å²) >= 11 is 5.40. The highest BCUT2D eigenvalue weighted by Crippen LogP contribution is 2.04. The monoisotopic (exact) mass is 244 g/mol. The van der Waals surface area contributed by atoms with E-state index in [9.17, 15) is 10.2 Å². The van der Waals surface area contributed by atoms with E-state index >= 15 is 0 Å².